The Morgan fingerprint density at radius 3 is 2.24 bits per heavy atom. The Hall–Kier alpha value is -4.34. The summed E-state index contributed by atoms with van der Waals surface area (Å²) in [5.74, 6) is 2.50. The van der Waals surface area contributed by atoms with Crippen LogP contribution in [0.5, 0.6) is 11.5 Å². The molecule has 0 aliphatic carbocycles. The summed E-state index contributed by atoms with van der Waals surface area (Å²) in [6, 6.07) is 33.8. The molecule has 0 saturated heterocycles. The summed E-state index contributed by atoms with van der Waals surface area (Å²) >= 11 is 0. The molecule has 6 aromatic rings. The first-order chi connectivity index (χ1) is 24.2. The molecular formula is C43H43N4OPt-3. The van der Waals surface area contributed by atoms with Crippen molar-refractivity contribution < 1.29 is 29.9 Å². The molecule has 1 aliphatic heterocycles. The summed E-state index contributed by atoms with van der Waals surface area (Å²) in [6.07, 6.45) is 5.12. The number of pyridine rings is 1. The van der Waals surface area contributed by atoms with Crippen molar-refractivity contribution in [2.24, 2.45) is 0 Å². The van der Waals surface area contributed by atoms with Gasteiger partial charge in [0, 0.05) is 48.4 Å². The molecule has 5 nitrogen and oxygen atoms in total. The number of rotatable bonds is 7. The third-order valence-corrected chi connectivity index (χ3v) is 9.02. The van der Waals surface area contributed by atoms with Gasteiger partial charge in [-0.3, -0.25) is 0 Å². The Morgan fingerprint density at radius 2 is 1.55 bits per heavy atom. The van der Waals surface area contributed by atoms with Crippen molar-refractivity contribution in [3.05, 3.63) is 133 Å². The summed E-state index contributed by atoms with van der Waals surface area (Å²) < 4.78 is 31.6. The standard InChI is InChI=1S/C43H43N4O.Pt/c1-28(2)37-23-31(43(5,6)7)24-38(29(3)4)42(37)30-18-19-44-41(22-30)47-39-15-10-9-14-35(39)36-17-16-34(26-40(36)47)48-33-13-11-12-32(25-33)46-21-20-45(8)27-46;/h9-24,27-29H,1-8H3;/q-3;/i8D3;. The minimum Gasteiger partial charge on any atom is -0.510 e. The smallest absolute Gasteiger partial charge is 0.136 e. The van der Waals surface area contributed by atoms with E-state index in [1.807, 2.05) is 30.5 Å². The molecule has 1 aliphatic rings. The van der Waals surface area contributed by atoms with Gasteiger partial charge in [0.05, 0.1) is 0 Å². The predicted octanol–water partition coefficient (Wildman–Crippen LogP) is 11.1. The number of aromatic nitrogens is 2. The molecule has 2 aromatic heterocycles. The van der Waals surface area contributed by atoms with Crippen LogP contribution >= 0.6 is 0 Å². The second-order valence-electron chi connectivity index (χ2n) is 14.2. The molecule has 0 N–H and O–H groups in total. The molecule has 6 heteroatoms. The zero-order valence-corrected chi connectivity index (χ0v) is 31.3. The van der Waals surface area contributed by atoms with E-state index in [1.54, 1.807) is 11.1 Å². The van der Waals surface area contributed by atoms with E-state index in [0.717, 1.165) is 33.2 Å². The monoisotopic (exact) mass is 829 g/mol. The average molecular weight is 830 g/mol. The van der Waals surface area contributed by atoms with Gasteiger partial charge in [-0.1, -0.05) is 84.3 Å². The van der Waals surface area contributed by atoms with E-state index in [9.17, 15) is 0 Å². The first kappa shape index (κ1) is 30.7. The normalized spacial score (nSPS) is 14.4. The molecule has 0 amide bonds. The van der Waals surface area contributed by atoms with E-state index in [0.29, 0.717) is 29.0 Å². The Morgan fingerprint density at radius 1 is 0.816 bits per heavy atom. The van der Waals surface area contributed by atoms with Crippen LogP contribution in [0.2, 0.25) is 0 Å². The van der Waals surface area contributed by atoms with Crippen LogP contribution in [0, 0.1) is 18.8 Å². The summed E-state index contributed by atoms with van der Waals surface area (Å²) in [7, 11) is 0. The van der Waals surface area contributed by atoms with Crippen LogP contribution in [-0.2, 0) is 26.5 Å². The van der Waals surface area contributed by atoms with Crippen LogP contribution < -0.4 is 9.64 Å². The van der Waals surface area contributed by atoms with Gasteiger partial charge >= 0.3 is 0 Å². The third-order valence-electron chi connectivity index (χ3n) is 9.02. The van der Waals surface area contributed by atoms with Gasteiger partial charge in [-0.05, 0) is 88.0 Å². The maximum Gasteiger partial charge on any atom is 0.136 e. The largest absolute Gasteiger partial charge is 0.510 e. The van der Waals surface area contributed by atoms with Gasteiger partial charge in [-0.25, -0.2) is 4.98 Å². The molecule has 7 rings (SSSR count). The van der Waals surface area contributed by atoms with Crippen molar-refractivity contribution in [2.75, 3.05) is 11.9 Å². The minimum absolute atomic E-state index is 0. The third kappa shape index (κ3) is 6.66. The van der Waals surface area contributed by atoms with Gasteiger partial charge in [0.15, 0.2) is 0 Å². The Kier molecular flexibility index (Phi) is 8.47. The molecule has 0 fully saturated rings. The topological polar surface area (TPSA) is 33.5 Å². The SMILES string of the molecule is [2H]C([2H])([2H])N1C=CN(c2[c-]c(Oc3[c-]c4c(cc3)c3ccccc3n4-c3cc(-c4c(C(C)C)cc(C(C)(C)C)cc4C(C)C)ccn3)ccc2)[CH-]1.[Pt]. The van der Waals surface area contributed by atoms with E-state index in [1.165, 1.54) is 40.0 Å². The maximum atomic E-state index is 7.70. The van der Waals surface area contributed by atoms with Crippen LogP contribution in [0.4, 0.5) is 5.69 Å². The van der Waals surface area contributed by atoms with E-state index >= 15 is 0 Å². The number of hydrogen-bond acceptors (Lipinski definition) is 4. The van der Waals surface area contributed by atoms with Gasteiger partial charge < -0.3 is 19.1 Å². The quantitative estimate of drug-likeness (QED) is 0.150. The van der Waals surface area contributed by atoms with Crippen molar-refractivity contribution in [3.8, 4) is 28.4 Å². The van der Waals surface area contributed by atoms with Crippen LogP contribution in [0.1, 0.15) is 81.1 Å². The molecule has 0 radical (unpaired) electrons. The van der Waals surface area contributed by atoms with E-state index < -0.39 is 6.98 Å². The number of hydrogen-bond donors (Lipinski definition) is 0. The Bertz CT molecular complexity index is 2250. The van der Waals surface area contributed by atoms with Gasteiger partial charge in [0.1, 0.15) is 5.82 Å². The van der Waals surface area contributed by atoms with E-state index in [-0.39, 0.29) is 26.5 Å². The molecule has 0 unspecified atom stereocenters. The fourth-order valence-corrected chi connectivity index (χ4v) is 6.49. The molecule has 3 heterocycles. The fraction of sp³-hybridized carbons (Fsp3) is 0.256. The van der Waals surface area contributed by atoms with Crippen LogP contribution in [0.25, 0.3) is 38.8 Å². The minimum atomic E-state index is -2.26. The predicted molar refractivity (Wildman–Crippen MR) is 199 cm³/mol. The van der Waals surface area contributed by atoms with E-state index in [4.69, 9.17) is 13.8 Å². The van der Waals surface area contributed by atoms with Crippen LogP contribution in [0.15, 0.2) is 97.5 Å². The molecule has 0 bridgehead atoms. The van der Waals surface area contributed by atoms with Crippen molar-refractivity contribution >= 4 is 27.5 Å². The molecule has 0 saturated carbocycles. The Labute approximate surface area is 309 Å². The summed E-state index contributed by atoms with van der Waals surface area (Å²) in [6.45, 7) is 15.2. The molecular weight excluding hydrogens is 784 g/mol. The second kappa shape index (κ2) is 13.5. The van der Waals surface area contributed by atoms with Crippen LogP contribution in [-0.4, -0.2) is 21.4 Å². The first-order valence-corrected chi connectivity index (χ1v) is 16.6. The number of para-hydroxylation sites is 1. The van der Waals surface area contributed by atoms with E-state index in [2.05, 4.69) is 120 Å². The molecule has 49 heavy (non-hydrogen) atoms. The number of anilines is 1. The Balaban J connectivity index is 0.00000464. The van der Waals surface area contributed by atoms with Crippen molar-refractivity contribution in [3.63, 3.8) is 0 Å². The number of fused-ring (bicyclic) bond motifs is 3. The number of benzene rings is 4. The maximum absolute atomic E-state index is 7.70. The number of nitrogens with zero attached hydrogens (tertiary/aromatic N) is 4. The summed E-state index contributed by atoms with van der Waals surface area (Å²) in [4.78, 5) is 7.83. The van der Waals surface area contributed by atoms with Gasteiger partial charge in [0.25, 0.3) is 0 Å². The second-order valence-corrected chi connectivity index (χ2v) is 14.2. The summed E-state index contributed by atoms with van der Waals surface area (Å²) in [5.41, 5.74) is 9.06. The molecule has 0 spiro atoms. The van der Waals surface area contributed by atoms with Crippen molar-refractivity contribution in [1.82, 2.24) is 14.5 Å². The zero-order chi connectivity index (χ0) is 36.2. The molecule has 4 aromatic carbocycles. The van der Waals surface area contributed by atoms with Gasteiger partial charge in [-0.15, -0.1) is 41.4 Å². The molecule has 0 atom stereocenters. The zero-order valence-electron chi connectivity index (χ0n) is 32.0. The summed E-state index contributed by atoms with van der Waals surface area (Å²) in [5, 5.41) is 2.15. The molecule has 254 valence electrons. The van der Waals surface area contributed by atoms with Gasteiger partial charge in [-0.2, -0.15) is 18.8 Å². The van der Waals surface area contributed by atoms with Gasteiger partial charge in [0.2, 0.25) is 0 Å². The number of ether oxygens (including phenoxy) is 1. The first-order valence-electron chi connectivity index (χ1n) is 18.1. The van der Waals surface area contributed by atoms with Crippen LogP contribution in [0.3, 0.4) is 0 Å². The van der Waals surface area contributed by atoms with Crippen molar-refractivity contribution in [1.29, 1.82) is 0 Å². The van der Waals surface area contributed by atoms with Crippen molar-refractivity contribution in [2.45, 2.75) is 65.7 Å². The average Bonchev–Trinajstić information content (AvgIpc) is 3.71. The fourth-order valence-electron chi connectivity index (χ4n) is 6.49.